The summed E-state index contributed by atoms with van der Waals surface area (Å²) in [5.41, 5.74) is 1.08. The summed E-state index contributed by atoms with van der Waals surface area (Å²) in [5, 5.41) is 11.3. The monoisotopic (exact) mass is 284 g/mol. The molecule has 0 bridgehead atoms. The average molecular weight is 284 g/mol. The molecule has 0 radical (unpaired) electrons. The third-order valence-electron chi connectivity index (χ3n) is 3.25. The molecular weight excluding hydrogens is 268 g/mol. The van der Waals surface area contributed by atoms with Crippen LogP contribution in [0.2, 0.25) is 0 Å². The van der Waals surface area contributed by atoms with Gasteiger partial charge in [0.1, 0.15) is 0 Å². The van der Waals surface area contributed by atoms with Gasteiger partial charge in [-0.1, -0.05) is 12.2 Å². The van der Waals surface area contributed by atoms with E-state index in [2.05, 4.69) is 5.32 Å². The molecule has 0 unspecified atom stereocenters. The van der Waals surface area contributed by atoms with E-state index in [1.807, 2.05) is 18.2 Å². The van der Waals surface area contributed by atoms with Crippen molar-refractivity contribution in [1.82, 2.24) is 0 Å². The van der Waals surface area contributed by atoms with Crippen LogP contribution >= 0.6 is 0 Å². The number of nitriles is 1. The van der Waals surface area contributed by atoms with Gasteiger partial charge in [0, 0.05) is 5.69 Å². The van der Waals surface area contributed by atoms with E-state index >= 15 is 0 Å². The van der Waals surface area contributed by atoms with Crippen LogP contribution < -0.4 is 5.32 Å². The van der Waals surface area contributed by atoms with Crippen LogP contribution in [0.1, 0.15) is 24.8 Å². The molecule has 1 N–H and O–H groups in total. The summed E-state index contributed by atoms with van der Waals surface area (Å²) in [7, 11) is 0. The van der Waals surface area contributed by atoms with Crippen molar-refractivity contribution in [3.63, 3.8) is 0 Å². The molecule has 5 nitrogen and oxygen atoms in total. The van der Waals surface area contributed by atoms with Crippen LogP contribution in [0.3, 0.4) is 0 Å². The fourth-order valence-corrected chi connectivity index (χ4v) is 2.09. The zero-order valence-electron chi connectivity index (χ0n) is 11.5. The lowest BCUT2D eigenvalue weighted by Gasteiger charge is -2.16. The van der Waals surface area contributed by atoms with Gasteiger partial charge < -0.3 is 10.1 Å². The maximum Gasteiger partial charge on any atom is 0.309 e. The van der Waals surface area contributed by atoms with Gasteiger partial charge in [-0.2, -0.15) is 5.26 Å². The Morgan fingerprint density at radius 3 is 2.67 bits per heavy atom. The molecule has 108 valence electrons. The van der Waals surface area contributed by atoms with Crippen molar-refractivity contribution in [1.29, 1.82) is 5.26 Å². The van der Waals surface area contributed by atoms with Gasteiger partial charge in [-0.3, -0.25) is 9.59 Å². The lowest BCUT2D eigenvalue weighted by Crippen LogP contribution is -2.25. The highest BCUT2D eigenvalue weighted by molar-refractivity contribution is 5.92. The molecule has 1 amide bonds. The first kappa shape index (κ1) is 14.8. The molecule has 1 atom stereocenters. The molecule has 0 saturated carbocycles. The summed E-state index contributed by atoms with van der Waals surface area (Å²) in [6.07, 6.45) is 6.33. The SMILES string of the molecule is N#Cc1ccc(NC(=O)COC(=O)[C@@H]2CC=CCC2)cc1. The van der Waals surface area contributed by atoms with E-state index in [4.69, 9.17) is 10.00 Å². The molecular formula is C16H16N2O3. The van der Waals surface area contributed by atoms with Crippen LogP contribution in [-0.2, 0) is 14.3 Å². The second-order valence-corrected chi connectivity index (χ2v) is 4.83. The number of rotatable bonds is 4. The number of carbonyl (C=O) groups excluding carboxylic acids is 2. The van der Waals surface area contributed by atoms with E-state index in [1.165, 1.54) is 0 Å². The highest BCUT2D eigenvalue weighted by Gasteiger charge is 2.20. The first-order valence-corrected chi connectivity index (χ1v) is 6.80. The minimum absolute atomic E-state index is 0.141. The van der Waals surface area contributed by atoms with Gasteiger partial charge in [0.15, 0.2) is 6.61 Å². The van der Waals surface area contributed by atoms with E-state index in [1.54, 1.807) is 24.3 Å². The second kappa shape index (κ2) is 7.25. The lowest BCUT2D eigenvalue weighted by molar-refractivity contribution is -0.151. The number of hydrogen-bond acceptors (Lipinski definition) is 4. The van der Waals surface area contributed by atoms with E-state index in [0.29, 0.717) is 17.7 Å². The Balaban J connectivity index is 1.77. The highest BCUT2D eigenvalue weighted by atomic mass is 16.5. The van der Waals surface area contributed by atoms with Crippen molar-refractivity contribution < 1.29 is 14.3 Å². The molecule has 1 aliphatic carbocycles. The average Bonchev–Trinajstić information content (AvgIpc) is 2.54. The lowest BCUT2D eigenvalue weighted by atomic mass is 9.95. The third-order valence-corrected chi connectivity index (χ3v) is 3.25. The summed E-state index contributed by atoms with van der Waals surface area (Å²) in [5.74, 6) is -0.855. The van der Waals surface area contributed by atoms with Gasteiger partial charge in [0.25, 0.3) is 5.91 Å². The molecule has 0 fully saturated rings. The van der Waals surface area contributed by atoms with Crippen LogP contribution in [0.25, 0.3) is 0 Å². The number of anilines is 1. The van der Waals surface area contributed by atoms with Gasteiger partial charge in [0.05, 0.1) is 17.6 Å². The maximum atomic E-state index is 11.8. The summed E-state index contributed by atoms with van der Waals surface area (Å²) in [6, 6.07) is 8.47. The van der Waals surface area contributed by atoms with Crippen molar-refractivity contribution in [3.05, 3.63) is 42.0 Å². The standard InChI is InChI=1S/C16H16N2O3/c17-10-12-6-8-14(9-7-12)18-15(19)11-21-16(20)13-4-2-1-3-5-13/h1-2,6-9,13H,3-5,11H2,(H,18,19)/t13-/m1/s1. The molecule has 1 aromatic rings. The van der Waals surface area contributed by atoms with Crippen LogP contribution in [0.5, 0.6) is 0 Å². The minimum atomic E-state index is -0.389. The number of carbonyl (C=O) groups is 2. The van der Waals surface area contributed by atoms with Crippen molar-refractivity contribution in [2.75, 3.05) is 11.9 Å². The Morgan fingerprint density at radius 2 is 2.05 bits per heavy atom. The molecule has 0 spiro atoms. The van der Waals surface area contributed by atoms with E-state index in [0.717, 1.165) is 12.8 Å². The van der Waals surface area contributed by atoms with Crippen LogP contribution in [0.4, 0.5) is 5.69 Å². The second-order valence-electron chi connectivity index (χ2n) is 4.83. The number of benzene rings is 1. The van der Waals surface area contributed by atoms with E-state index < -0.39 is 0 Å². The van der Waals surface area contributed by atoms with Gasteiger partial charge in [0.2, 0.25) is 0 Å². The van der Waals surface area contributed by atoms with E-state index in [9.17, 15) is 9.59 Å². The Morgan fingerprint density at radius 1 is 1.29 bits per heavy atom. The number of amides is 1. The zero-order valence-corrected chi connectivity index (χ0v) is 11.5. The third kappa shape index (κ3) is 4.46. The normalized spacial score (nSPS) is 16.8. The highest BCUT2D eigenvalue weighted by Crippen LogP contribution is 2.19. The molecule has 2 rings (SSSR count). The summed E-state index contributed by atoms with van der Waals surface area (Å²) in [4.78, 5) is 23.5. The fraction of sp³-hybridized carbons (Fsp3) is 0.312. The van der Waals surface area contributed by atoms with Crippen molar-refractivity contribution in [2.45, 2.75) is 19.3 Å². The molecule has 21 heavy (non-hydrogen) atoms. The predicted molar refractivity (Wildman–Crippen MR) is 77.2 cm³/mol. The van der Waals surface area contributed by atoms with Crippen molar-refractivity contribution >= 4 is 17.6 Å². The summed E-state index contributed by atoms with van der Waals surface area (Å²) < 4.78 is 5.02. The maximum absolute atomic E-state index is 11.8. The smallest absolute Gasteiger partial charge is 0.309 e. The van der Waals surface area contributed by atoms with Gasteiger partial charge in [-0.05, 0) is 43.5 Å². The number of hydrogen-bond donors (Lipinski definition) is 1. The molecule has 5 heteroatoms. The molecule has 0 aliphatic heterocycles. The topological polar surface area (TPSA) is 79.2 Å². The quantitative estimate of drug-likeness (QED) is 0.680. The first-order chi connectivity index (χ1) is 10.2. The number of esters is 1. The molecule has 0 aromatic heterocycles. The number of allylic oxidation sites excluding steroid dienone is 2. The zero-order chi connectivity index (χ0) is 15.1. The largest absolute Gasteiger partial charge is 0.455 e. The van der Waals surface area contributed by atoms with Crippen LogP contribution in [-0.4, -0.2) is 18.5 Å². The predicted octanol–water partition coefficient (Wildman–Crippen LogP) is 2.40. The Kier molecular flexibility index (Phi) is 5.10. The van der Waals surface area contributed by atoms with E-state index in [-0.39, 0.29) is 24.4 Å². The van der Waals surface area contributed by atoms with Gasteiger partial charge >= 0.3 is 5.97 Å². The fourth-order valence-electron chi connectivity index (χ4n) is 2.09. The Labute approximate surface area is 123 Å². The number of ether oxygens (including phenoxy) is 1. The van der Waals surface area contributed by atoms with Crippen molar-refractivity contribution in [2.24, 2.45) is 5.92 Å². The molecule has 0 heterocycles. The Bertz CT molecular complexity index is 585. The van der Waals surface area contributed by atoms with Crippen molar-refractivity contribution in [3.8, 4) is 6.07 Å². The first-order valence-electron chi connectivity index (χ1n) is 6.80. The van der Waals surface area contributed by atoms with Crippen LogP contribution in [0, 0.1) is 17.2 Å². The van der Waals surface area contributed by atoms with Gasteiger partial charge in [-0.15, -0.1) is 0 Å². The Hall–Kier alpha value is -2.61. The molecule has 1 aromatic carbocycles. The summed E-state index contributed by atoms with van der Waals surface area (Å²) >= 11 is 0. The number of nitrogens with zero attached hydrogens (tertiary/aromatic N) is 1. The number of nitrogens with one attached hydrogen (secondary N) is 1. The minimum Gasteiger partial charge on any atom is -0.455 e. The van der Waals surface area contributed by atoms with Crippen LogP contribution in [0.15, 0.2) is 36.4 Å². The molecule has 0 saturated heterocycles. The van der Waals surface area contributed by atoms with Gasteiger partial charge in [-0.25, -0.2) is 0 Å². The summed E-state index contributed by atoms with van der Waals surface area (Å²) in [6.45, 7) is -0.293. The molecule has 1 aliphatic rings.